The molecule has 1 saturated carbocycles. The lowest BCUT2D eigenvalue weighted by Crippen LogP contribution is -2.52. The molecule has 17 nitrogen and oxygen atoms in total. The number of H-pyrrole nitrogens is 1. The molecule has 64 heavy (non-hydrogen) atoms. The third-order valence-electron chi connectivity index (χ3n) is 12.8. The predicted octanol–water partition coefficient (Wildman–Crippen LogP) is 6.48. The van der Waals surface area contributed by atoms with E-state index in [1.165, 1.54) is 0 Å². The number of aryl methyl sites for hydroxylation is 6. The lowest BCUT2D eigenvalue weighted by atomic mass is 9.97. The van der Waals surface area contributed by atoms with E-state index < -0.39 is 17.9 Å². The maximum absolute atomic E-state index is 13.8. The van der Waals surface area contributed by atoms with Gasteiger partial charge in [0, 0.05) is 79.2 Å². The van der Waals surface area contributed by atoms with E-state index in [2.05, 4.69) is 73.8 Å². The summed E-state index contributed by atoms with van der Waals surface area (Å²) < 4.78 is 9.50. The standard InChI is InChI=1S/C47H50N12O5/c1-5-59-38(21-35(55-59)29-12-13-29)51-43-41-33-19-25(2)32(40-26(3)56-64-27(40)4)20-36(33)50-42(41)53-44(54-43)46(62)48-17-16-30-22-57(24-49-30)18-7-6-9-28-10-8-11-31-34(28)23-58(47(31)63)37-14-15-39(60)52-45(37)61/h8,10-11,19-22,24,29,37H,5-7,9,12-18,23H2,1-4H3,(H,48,62)(H,52,60,61)(H2,50,51,53,54). The Kier molecular flexibility index (Phi) is 10.5. The Morgan fingerprint density at radius 3 is 2.64 bits per heavy atom. The van der Waals surface area contributed by atoms with Crippen LogP contribution in [0.1, 0.15) is 112 Å². The van der Waals surface area contributed by atoms with Gasteiger partial charge in [0.1, 0.15) is 29.1 Å². The fourth-order valence-electron chi connectivity index (χ4n) is 9.29. The molecule has 4 amide bonds. The summed E-state index contributed by atoms with van der Waals surface area (Å²) in [6, 6.07) is 11.4. The summed E-state index contributed by atoms with van der Waals surface area (Å²) in [6.45, 7) is 10.1. The number of amides is 4. The number of carbonyl (C=O) groups excluding carboxylic acids is 4. The Morgan fingerprint density at radius 2 is 1.86 bits per heavy atom. The monoisotopic (exact) mass is 862 g/mol. The SMILES string of the molecule is CCn1nc(C2CC2)cc1Nc1nc(C(=O)NCCc2cn(CCCCc3cccc4c3CN(C3CCC(=O)NC3=O)C4=O)cn2)nc2[nH]c3cc(-c4c(C)noc4C)c(C)cc3c12. The molecule has 0 bridgehead atoms. The number of piperidine rings is 1. The van der Waals surface area contributed by atoms with E-state index in [4.69, 9.17) is 19.6 Å². The maximum atomic E-state index is 13.8. The first kappa shape index (κ1) is 40.9. The van der Waals surface area contributed by atoms with Crippen LogP contribution in [0, 0.1) is 20.8 Å². The van der Waals surface area contributed by atoms with E-state index in [1.807, 2.05) is 43.2 Å². The molecule has 5 aromatic heterocycles. The van der Waals surface area contributed by atoms with Crippen LogP contribution >= 0.6 is 0 Å². The number of anilines is 2. The van der Waals surface area contributed by atoms with Crippen molar-refractivity contribution >= 4 is 57.2 Å². The van der Waals surface area contributed by atoms with Gasteiger partial charge >= 0.3 is 0 Å². The van der Waals surface area contributed by atoms with E-state index in [-0.39, 0.29) is 24.1 Å². The summed E-state index contributed by atoms with van der Waals surface area (Å²) in [6.07, 6.45) is 9.77. The second-order valence-corrected chi connectivity index (χ2v) is 17.2. The lowest BCUT2D eigenvalue weighted by molar-refractivity contribution is -0.136. The molecule has 1 unspecified atom stereocenters. The van der Waals surface area contributed by atoms with E-state index in [0.717, 1.165) is 111 Å². The van der Waals surface area contributed by atoms with E-state index in [9.17, 15) is 19.2 Å². The van der Waals surface area contributed by atoms with Gasteiger partial charge in [-0.3, -0.25) is 24.5 Å². The number of imide groups is 1. The number of rotatable bonds is 15. The highest BCUT2D eigenvalue weighted by atomic mass is 16.5. The van der Waals surface area contributed by atoms with Crippen LogP contribution in [-0.4, -0.2) is 80.6 Å². The van der Waals surface area contributed by atoms with Gasteiger partial charge in [0.15, 0.2) is 0 Å². The molecule has 1 atom stereocenters. The highest BCUT2D eigenvalue weighted by Gasteiger charge is 2.39. The van der Waals surface area contributed by atoms with Gasteiger partial charge in [-0.25, -0.2) is 19.6 Å². The number of aromatic nitrogens is 8. The lowest BCUT2D eigenvalue weighted by Gasteiger charge is -2.29. The molecule has 2 aliphatic heterocycles. The van der Waals surface area contributed by atoms with E-state index in [0.29, 0.717) is 55.4 Å². The first-order valence-electron chi connectivity index (χ1n) is 22.2. The smallest absolute Gasteiger partial charge is 0.289 e. The normalized spacial score (nSPS) is 16.3. The summed E-state index contributed by atoms with van der Waals surface area (Å²) in [5.41, 5.74) is 9.83. The fraction of sp³-hybridized carbons (Fsp3) is 0.383. The zero-order chi connectivity index (χ0) is 44.2. The highest BCUT2D eigenvalue weighted by molar-refractivity contribution is 6.13. The Labute approximate surface area is 368 Å². The number of hydrogen-bond donors (Lipinski definition) is 4. The summed E-state index contributed by atoms with van der Waals surface area (Å²) in [5.74, 6) is 1.33. The van der Waals surface area contributed by atoms with Crippen molar-refractivity contribution in [3.8, 4) is 11.1 Å². The van der Waals surface area contributed by atoms with Gasteiger partial charge in [0.2, 0.25) is 17.6 Å². The zero-order valence-electron chi connectivity index (χ0n) is 36.4. The summed E-state index contributed by atoms with van der Waals surface area (Å²) in [7, 11) is 0. The van der Waals surface area contributed by atoms with Crippen LogP contribution in [0.4, 0.5) is 11.6 Å². The van der Waals surface area contributed by atoms with Gasteiger partial charge in [0.25, 0.3) is 11.8 Å². The maximum Gasteiger partial charge on any atom is 0.289 e. The van der Waals surface area contributed by atoms with Crippen molar-refractivity contribution in [2.75, 3.05) is 11.9 Å². The number of aromatic amines is 1. The first-order valence-corrected chi connectivity index (χ1v) is 22.2. The minimum atomic E-state index is -0.629. The van der Waals surface area contributed by atoms with Crippen molar-refractivity contribution in [3.05, 3.63) is 99.8 Å². The van der Waals surface area contributed by atoms with Gasteiger partial charge < -0.3 is 29.6 Å². The van der Waals surface area contributed by atoms with Crippen LogP contribution in [0.2, 0.25) is 0 Å². The third-order valence-corrected chi connectivity index (χ3v) is 12.8. The van der Waals surface area contributed by atoms with Crippen molar-refractivity contribution in [1.82, 2.24) is 55.0 Å². The average Bonchev–Trinajstić information content (AvgIpc) is 3.52. The molecular formula is C47H50N12O5. The summed E-state index contributed by atoms with van der Waals surface area (Å²) >= 11 is 0. The molecule has 328 valence electrons. The van der Waals surface area contributed by atoms with Gasteiger partial charge in [-0.05, 0) is 107 Å². The Morgan fingerprint density at radius 1 is 1.00 bits per heavy atom. The number of nitrogens with zero attached hydrogens (tertiary/aromatic N) is 8. The largest absolute Gasteiger partial charge is 0.361 e. The number of benzene rings is 2. The zero-order valence-corrected chi connectivity index (χ0v) is 36.4. The molecule has 7 heterocycles. The second-order valence-electron chi connectivity index (χ2n) is 17.2. The van der Waals surface area contributed by atoms with Crippen LogP contribution in [0.25, 0.3) is 33.1 Å². The summed E-state index contributed by atoms with van der Waals surface area (Å²) in [5, 5.41) is 19.7. The van der Waals surface area contributed by atoms with Crippen LogP contribution in [0.5, 0.6) is 0 Å². The number of imidazole rings is 1. The number of carbonyl (C=O) groups is 4. The van der Waals surface area contributed by atoms with Crippen molar-refractivity contribution in [1.29, 1.82) is 0 Å². The number of unbranched alkanes of at least 4 members (excludes halogenated alkanes) is 1. The Bertz CT molecular complexity index is 2990. The van der Waals surface area contributed by atoms with Crippen molar-refractivity contribution < 1.29 is 23.7 Å². The predicted molar refractivity (Wildman–Crippen MR) is 238 cm³/mol. The number of fused-ring (bicyclic) bond motifs is 4. The minimum Gasteiger partial charge on any atom is -0.361 e. The molecule has 17 heteroatoms. The van der Waals surface area contributed by atoms with Gasteiger partial charge in [-0.2, -0.15) is 5.10 Å². The van der Waals surface area contributed by atoms with Crippen molar-refractivity contribution in [2.45, 2.75) is 111 Å². The molecule has 1 aliphatic carbocycles. The molecule has 0 spiro atoms. The van der Waals surface area contributed by atoms with Gasteiger partial charge in [-0.1, -0.05) is 17.3 Å². The van der Waals surface area contributed by atoms with Gasteiger partial charge in [-0.15, -0.1) is 0 Å². The van der Waals surface area contributed by atoms with Gasteiger partial charge in [0.05, 0.1) is 28.8 Å². The Balaban J connectivity index is 0.800. The molecular weight excluding hydrogens is 813 g/mol. The quantitative estimate of drug-likeness (QED) is 0.0647. The number of hydrogen-bond acceptors (Lipinski definition) is 11. The minimum absolute atomic E-state index is 0.0387. The fourth-order valence-corrected chi connectivity index (χ4v) is 9.29. The molecule has 2 aromatic carbocycles. The van der Waals surface area contributed by atoms with E-state index in [1.54, 1.807) is 4.90 Å². The van der Waals surface area contributed by atoms with Crippen LogP contribution in [0.3, 0.4) is 0 Å². The van der Waals surface area contributed by atoms with Crippen molar-refractivity contribution in [2.24, 2.45) is 0 Å². The first-order chi connectivity index (χ1) is 31.0. The molecule has 1 saturated heterocycles. The average molecular weight is 863 g/mol. The molecule has 4 N–H and O–H groups in total. The van der Waals surface area contributed by atoms with Crippen molar-refractivity contribution in [3.63, 3.8) is 0 Å². The molecule has 7 aromatic rings. The number of nitrogens with one attached hydrogen (secondary N) is 4. The molecule has 0 radical (unpaired) electrons. The molecule has 10 rings (SSSR count). The Hall–Kier alpha value is -7.17. The molecule has 3 aliphatic rings. The van der Waals surface area contributed by atoms with Crippen LogP contribution in [0.15, 0.2) is 53.4 Å². The second kappa shape index (κ2) is 16.5. The third kappa shape index (κ3) is 7.68. The summed E-state index contributed by atoms with van der Waals surface area (Å²) in [4.78, 5) is 70.5. The van der Waals surface area contributed by atoms with Crippen LogP contribution < -0.4 is 16.0 Å². The molecule has 2 fully saturated rings. The topological polar surface area (TPSA) is 211 Å². The highest BCUT2D eigenvalue weighted by Crippen LogP contribution is 2.41. The van der Waals surface area contributed by atoms with E-state index >= 15 is 0 Å². The van der Waals surface area contributed by atoms with Crippen LogP contribution in [-0.2, 0) is 42.1 Å².